The molecule has 0 radical (unpaired) electrons. The molecule has 10 heteroatoms. The summed E-state index contributed by atoms with van der Waals surface area (Å²) in [6, 6.07) is 7.61. The monoisotopic (exact) mass is 609 g/mol. The number of thiophene rings is 1. The highest BCUT2D eigenvalue weighted by Crippen LogP contribution is 2.46. The maximum atomic E-state index is 13.2. The number of ether oxygens (including phenoxy) is 4. The predicted octanol–water partition coefficient (Wildman–Crippen LogP) is 7.37. The van der Waals surface area contributed by atoms with Gasteiger partial charge in [0.05, 0.1) is 22.6 Å². The normalized spacial score (nSPS) is 14.2. The zero-order chi connectivity index (χ0) is 28.0. The van der Waals surface area contributed by atoms with Crippen LogP contribution >= 0.6 is 27.3 Å². The first-order valence-corrected chi connectivity index (χ1v) is 14.4. The van der Waals surface area contributed by atoms with Crippen LogP contribution in [0.1, 0.15) is 76.4 Å². The molecule has 2 aromatic rings. The van der Waals surface area contributed by atoms with Crippen molar-refractivity contribution in [2.75, 3.05) is 18.6 Å². The minimum absolute atomic E-state index is 0.0513. The SMILES string of the molecule is COC(=O)c1sc(-c2cccc(N(C(=O)OC(C)C)C3CCCCC3)c2)c(Br)c1OCC(=O)OC(C)(C)C. The Labute approximate surface area is 236 Å². The number of hydrogen-bond donors (Lipinski definition) is 0. The van der Waals surface area contributed by atoms with Crippen LogP contribution in [0, 0.1) is 0 Å². The third-order valence-corrected chi connectivity index (χ3v) is 8.01. The number of carbonyl (C=O) groups excluding carboxylic acids is 3. The van der Waals surface area contributed by atoms with Crippen LogP contribution in [-0.2, 0) is 19.0 Å². The Morgan fingerprint density at radius 3 is 2.42 bits per heavy atom. The molecule has 208 valence electrons. The Bertz CT molecular complexity index is 1150. The molecule has 1 saturated carbocycles. The van der Waals surface area contributed by atoms with Crippen LogP contribution in [0.25, 0.3) is 10.4 Å². The zero-order valence-corrected chi connectivity index (χ0v) is 25.2. The summed E-state index contributed by atoms with van der Waals surface area (Å²) in [6.45, 7) is 8.61. The molecule has 0 atom stereocenters. The van der Waals surface area contributed by atoms with E-state index in [1.165, 1.54) is 18.4 Å². The number of carbonyl (C=O) groups is 3. The molecule has 0 spiro atoms. The number of benzene rings is 1. The lowest BCUT2D eigenvalue weighted by Crippen LogP contribution is -2.42. The van der Waals surface area contributed by atoms with Crippen molar-refractivity contribution < 1.29 is 33.3 Å². The molecule has 8 nitrogen and oxygen atoms in total. The summed E-state index contributed by atoms with van der Waals surface area (Å²) in [6.07, 6.45) is 4.50. The van der Waals surface area contributed by atoms with Crippen LogP contribution in [0.15, 0.2) is 28.7 Å². The van der Waals surface area contributed by atoms with E-state index in [1.807, 2.05) is 38.1 Å². The first-order valence-electron chi connectivity index (χ1n) is 12.8. The van der Waals surface area contributed by atoms with Gasteiger partial charge < -0.3 is 18.9 Å². The van der Waals surface area contributed by atoms with Gasteiger partial charge in [0.15, 0.2) is 17.2 Å². The van der Waals surface area contributed by atoms with Crippen molar-refractivity contribution in [2.45, 2.75) is 84.5 Å². The van der Waals surface area contributed by atoms with E-state index in [4.69, 9.17) is 18.9 Å². The van der Waals surface area contributed by atoms with Crippen LogP contribution in [0.4, 0.5) is 10.5 Å². The fraction of sp³-hybridized carbons (Fsp3) is 0.536. The van der Waals surface area contributed by atoms with Crippen LogP contribution in [-0.4, -0.2) is 49.5 Å². The maximum absolute atomic E-state index is 13.2. The van der Waals surface area contributed by atoms with Crippen molar-refractivity contribution >= 4 is 51.0 Å². The summed E-state index contributed by atoms with van der Waals surface area (Å²) in [5.74, 6) is -0.931. The van der Waals surface area contributed by atoms with E-state index in [2.05, 4.69) is 15.9 Å². The van der Waals surface area contributed by atoms with Gasteiger partial charge in [-0.3, -0.25) is 4.90 Å². The Balaban J connectivity index is 1.98. The summed E-state index contributed by atoms with van der Waals surface area (Å²) >= 11 is 4.75. The number of amides is 1. The van der Waals surface area contributed by atoms with Crippen LogP contribution in [0.2, 0.25) is 0 Å². The summed E-state index contributed by atoms with van der Waals surface area (Å²) < 4.78 is 22.2. The largest absolute Gasteiger partial charge is 0.479 e. The molecule has 0 saturated heterocycles. The van der Waals surface area contributed by atoms with Gasteiger partial charge in [-0.1, -0.05) is 31.4 Å². The smallest absolute Gasteiger partial charge is 0.414 e. The molecular formula is C28H36BrNO7S. The average Bonchev–Trinajstić information content (AvgIpc) is 3.18. The van der Waals surface area contributed by atoms with E-state index >= 15 is 0 Å². The average molecular weight is 611 g/mol. The molecule has 0 bridgehead atoms. The second-order valence-corrected chi connectivity index (χ2v) is 12.2. The number of halogens is 1. The Kier molecular flexibility index (Phi) is 10.2. The molecule has 1 amide bonds. The van der Waals surface area contributed by atoms with Crippen molar-refractivity contribution in [1.29, 1.82) is 0 Å². The highest BCUT2D eigenvalue weighted by molar-refractivity contribution is 9.10. The van der Waals surface area contributed by atoms with Crippen LogP contribution in [0.3, 0.4) is 0 Å². The highest BCUT2D eigenvalue weighted by Gasteiger charge is 2.30. The molecule has 0 unspecified atom stereocenters. The first kappa shape index (κ1) is 30.0. The topological polar surface area (TPSA) is 91.4 Å². The van der Waals surface area contributed by atoms with Crippen molar-refractivity contribution in [3.05, 3.63) is 33.6 Å². The quantitative estimate of drug-likeness (QED) is 0.228. The zero-order valence-electron chi connectivity index (χ0n) is 22.8. The van der Waals surface area contributed by atoms with E-state index in [9.17, 15) is 14.4 Å². The minimum atomic E-state index is -0.663. The first-order chi connectivity index (χ1) is 17.9. The van der Waals surface area contributed by atoms with Crippen molar-refractivity contribution in [1.82, 2.24) is 0 Å². The number of esters is 2. The van der Waals surface area contributed by atoms with E-state index in [0.717, 1.165) is 43.4 Å². The minimum Gasteiger partial charge on any atom is -0.479 e. The lowest BCUT2D eigenvalue weighted by molar-refractivity contribution is -0.157. The number of nitrogens with zero attached hydrogens (tertiary/aromatic N) is 1. The highest BCUT2D eigenvalue weighted by atomic mass is 79.9. The molecule has 1 aliphatic carbocycles. The van der Waals surface area contributed by atoms with Crippen molar-refractivity contribution in [2.24, 2.45) is 0 Å². The number of rotatable bonds is 8. The van der Waals surface area contributed by atoms with Crippen molar-refractivity contribution in [3.63, 3.8) is 0 Å². The summed E-state index contributed by atoms with van der Waals surface area (Å²) in [5, 5.41) is 0. The third kappa shape index (κ3) is 7.72. The second-order valence-electron chi connectivity index (χ2n) is 10.4. The van der Waals surface area contributed by atoms with Gasteiger partial charge in [0.1, 0.15) is 5.60 Å². The van der Waals surface area contributed by atoms with Crippen molar-refractivity contribution in [3.8, 4) is 16.2 Å². The lowest BCUT2D eigenvalue weighted by atomic mass is 9.94. The van der Waals surface area contributed by atoms with E-state index < -0.39 is 17.5 Å². The lowest BCUT2D eigenvalue weighted by Gasteiger charge is -2.34. The van der Waals surface area contributed by atoms with Crippen LogP contribution < -0.4 is 9.64 Å². The van der Waals surface area contributed by atoms with E-state index in [-0.39, 0.29) is 35.5 Å². The third-order valence-electron chi connectivity index (χ3n) is 5.79. The predicted molar refractivity (Wildman–Crippen MR) is 151 cm³/mol. The number of hydrogen-bond acceptors (Lipinski definition) is 8. The molecule has 1 heterocycles. The van der Waals surface area contributed by atoms with Gasteiger partial charge >= 0.3 is 18.0 Å². The summed E-state index contributed by atoms with van der Waals surface area (Å²) in [5.41, 5.74) is 0.829. The molecule has 1 fully saturated rings. The second kappa shape index (κ2) is 13.0. The van der Waals surface area contributed by atoms with Gasteiger partial charge in [-0.15, -0.1) is 11.3 Å². The van der Waals surface area contributed by atoms with Gasteiger partial charge in [-0.2, -0.15) is 0 Å². The van der Waals surface area contributed by atoms with Gasteiger partial charge in [0, 0.05) is 11.7 Å². The molecule has 0 N–H and O–H groups in total. The van der Waals surface area contributed by atoms with E-state index in [1.54, 1.807) is 25.7 Å². The summed E-state index contributed by atoms with van der Waals surface area (Å²) in [4.78, 5) is 40.7. The molecule has 1 aromatic carbocycles. The maximum Gasteiger partial charge on any atom is 0.414 e. The molecule has 0 aliphatic heterocycles. The fourth-order valence-electron chi connectivity index (χ4n) is 4.30. The molecular weight excluding hydrogens is 574 g/mol. The van der Waals surface area contributed by atoms with Crippen LogP contribution in [0.5, 0.6) is 5.75 Å². The Hall–Kier alpha value is -2.59. The molecule has 1 aromatic heterocycles. The standard InChI is InChI=1S/C28H36BrNO7S/c1-17(2)36-27(33)30(19-12-8-7-9-13-19)20-14-10-11-18(15-20)24-22(29)23(25(38-24)26(32)34-6)35-16-21(31)37-28(3,4)5/h10-11,14-15,17,19H,7-9,12-13,16H2,1-6H3. The molecule has 38 heavy (non-hydrogen) atoms. The fourth-order valence-corrected chi connectivity index (χ4v) is 6.27. The Morgan fingerprint density at radius 1 is 1.13 bits per heavy atom. The van der Waals surface area contributed by atoms with E-state index in [0.29, 0.717) is 9.35 Å². The van der Waals surface area contributed by atoms with Gasteiger partial charge in [0.25, 0.3) is 0 Å². The number of methoxy groups -OCH3 is 1. The molecule has 3 rings (SSSR count). The van der Waals surface area contributed by atoms with Gasteiger partial charge in [-0.05, 0) is 81.1 Å². The summed E-state index contributed by atoms with van der Waals surface area (Å²) in [7, 11) is 1.29. The Morgan fingerprint density at radius 2 is 1.82 bits per heavy atom. The number of anilines is 1. The van der Waals surface area contributed by atoms with Gasteiger partial charge in [0.2, 0.25) is 0 Å². The van der Waals surface area contributed by atoms with Gasteiger partial charge in [-0.25, -0.2) is 14.4 Å². The molecule has 1 aliphatic rings.